The molecule has 1 heterocycles. The summed E-state index contributed by atoms with van der Waals surface area (Å²) in [6.45, 7) is 5.93. The number of rotatable bonds is 8. The first-order valence-corrected chi connectivity index (χ1v) is 11.3. The Hall–Kier alpha value is -3.72. The number of ether oxygens (including phenoxy) is 2. The molecule has 174 valence electrons. The highest BCUT2D eigenvalue weighted by Gasteiger charge is 2.18. The number of carbonyl (C=O) groups is 1. The van der Waals surface area contributed by atoms with Crippen molar-refractivity contribution in [3.8, 4) is 17.6 Å². The van der Waals surface area contributed by atoms with E-state index in [2.05, 4.69) is 27.7 Å². The van der Waals surface area contributed by atoms with Gasteiger partial charge in [0.15, 0.2) is 11.5 Å². The lowest BCUT2D eigenvalue weighted by molar-refractivity contribution is -0.384. The minimum atomic E-state index is -0.514. The van der Waals surface area contributed by atoms with Gasteiger partial charge in [-0.1, -0.05) is 0 Å². The molecule has 3 aromatic rings. The van der Waals surface area contributed by atoms with Gasteiger partial charge in [-0.15, -0.1) is 0 Å². The number of nitro benzene ring substituents is 1. The second kappa shape index (κ2) is 10.9. The zero-order chi connectivity index (χ0) is 24.8. The van der Waals surface area contributed by atoms with Gasteiger partial charge in [0.25, 0.3) is 11.6 Å². The van der Waals surface area contributed by atoms with Gasteiger partial charge >= 0.3 is 0 Å². The summed E-state index contributed by atoms with van der Waals surface area (Å²) in [7, 11) is 0. The Bertz CT molecular complexity index is 1310. The van der Waals surface area contributed by atoms with Crippen molar-refractivity contribution < 1.29 is 19.2 Å². The highest BCUT2D eigenvalue weighted by Crippen LogP contribution is 2.35. The van der Waals surface area contributed by atoms with Crippen LogP contribution >= 0.6 is 22.6 Å². The normalized spacial score (nSPS) is 11.1. The van der Waals surface area contributed by atoms with Crippen LogP contribution in [-0.2, 0) is 6.61 Å². The van der Waals surface area contributed by atoms with Crippen LogP contribution in [0.1, 0.15) is 34.2 Å². The highest BCUT2D eigenvalue weighted by atomic mass is 127. The van der Waals surface area contributed by atoms with E-state index in [9.17, 15) is 20.2 Å². The molecule has 0 aliphatic carbocycles. The van der Waals surface area contributed by atoms with Crippen LogP contribution in [0.3, 0.4) is 0 Å². The second-order valence-corrected chi connectivity index (χ2v) is 8.45. The molecule has 2 aromatic carbocycles. The van der Waals surface area contributed by atoms with E-state index in [-0.39, 0.29) is 17.9 Å². The summed E-state index contributed by atoms with van der Waals surface area (Å²) in [5, 5.41) is 24.6. The van der Waals surface area contributed by atoms with Crippen molar-refractivity contribution in [2.45, 2.75) is 27.4 Å². The van der Waals surface area contributed by atoms with Crippen LogP contribution in [0.15, 0.2) is 48.0 Å². The monoisotopic (exact) mass is 572 g/mol. The van der Waals surface area contributed by atoms with Gasteiger partial charge in [0.1, 0.15) is 18.2 Å². The lowest BCUT2D eigenvalue weighted by Gasteiger charge is -2.15. The third-order valence-corrected chi connectivity index (χ3v) is 5.53. The Balaban J connectivity index is 1.88. The number of nitrogens with zero attached hydrogens (tertiary/aromatic N) is 4. The lowest BCUT2D eigenvalue weighted by atomic mass is 10.1. The fourth-order valence-corrected chi connectivity index (χ4v) is 3.98. The molecule has 34 heavy (non-hydrogen) atoms. The van der Waals surface area contributed by atoms with Crippen LogP contribution in [-0.4, -0.2) is 27.2 Å². The number of allylic oxidation sites excluding steroid dienone is 1. The number of hydrogen-bond acceptors (Lipinski definition) is 7. The van der Waals surface area contributed by atoms with Gasteiger partial charge in [-0.3, -0.25) is 14.9 Å². The van der Waals surface area contributed by atoms with Gasteiger partial charge in [-0.05, 0) is 90.9 Å². The van der Waals surface area contributed by atoms with E-state index in [0.717, 1.165) is 5.56 Å². The van der Waals surface area contributed by atoms with E-state index in [4.69, 9.17) is 9.47 Å². The number of aromatic nitrogens is 2. The van der Waals surface area contributed by atoms with Crippen LogP contribution in [0.4, 0.5) is 5.69 Å². The zero-order valence-electron chi connectivity index (χ0n) is 18.7. The smallest absolute Gasteiger partial charge is 0.289 e. The van der Waals surface area contributed by atoms with Crippen molar-refractivity contribution in [1.82, 2.24) is 9.78 Å². The van der Waals surface area contributed by atoms with Crippen LogP contribution < -0.4 is 9.47 Å². The van der Waals surface area contributed by atoms with Crippen molar-refractivity contribution in [3.63, 3.8) is 0 Å². The van der Waals surface area contributed by atoms with Gasteiger partial charge in [0.2, 0.25) is 0 Å². The fraction of sp³-hybridized carbons (Fsp3) is 0.208. The predicted octanol–water partition coefficient (Wildman–Crippen LogP) is 5.24. The Morgan fingerprint density at radius 3 is 2.50 bits per heavy atom. The molecule has 0 radical (unpaired) electrons. The standard InChI is InChI=1S/C24H21IN4O5/c1-4-33-22-12-18(10-19(13-26)24(30)28-16(3)9-15(2)27-28)11-21(25)23(22)34-14-17-5-7-20(8-6-17)29(31)32/h5-12H,4,14H2,1-3H3/b19-10+. The van der Waals surface area contributed by atoms with E-state index in [1.807, 2.05) is 13.0 Å². The van der Waals surface area contributed by atoms with E-state index < -0.39 is 10.8 Å². The molecule has 0 spiro atoms. The molecular weight excluding hydrogens is 551 g/mol. The lowest BCUT2D eigenvalue weighted by Crippen LogP contribution is -2.15. The Labute approximate surface area is 209 Å². The minimum absolute atomic E-state index is 0.00721. The molecule has 0 N–H and O–H groups in total. The quantitative estimate of drug-likeness (QED) is 0.119. The zero-order valence-corrected chi connectivity index (χ0v) is 20.9. The number of carbonyl (C=O) groups excluding carboxylic acids is 1. The number of nitriles is 1. The summed E-state index contributed by atoms with van der Waals surface area (Å²) in [4.78, 5) is 23.2. The van der Waals surface area contributed by atoms with Crippen LogP contribution in [0.5, 0.6) is 11.5 Å². The van der Waals surface area contributed by atoms with E-state index in [1.165, 1.54) is 22.9 Å². The van der Waals surface area contributed by atoms with Crippen molar-refractivity contribution >= 4 is 40.3 Å². The van der Waals surface area contributed by atoms with E-state index >= 15 is 0 Å². The summed E-state index contributed by atoms with van der Waals surface area (Å²) in [6, 6.07) is 13.3. The predicted molar refractivity (Wildman–Crippen MR) is 134 cm³/mol. The van der Waals surface area contributed by atoms with Gasteiger partial charge in [0.05, 0.1) is 20.8 Å². The number of aryl methyl sites for hydroxylation is 2. The van der Waals surface area contributed by atoms with Gasteiger partial charge in [-0.25, -0.2) is 4.68 Å². The van der Waals surface area contributed by atoms with Crippen LogP contribution in [0, 0.1) is 38.9 Å². The number of hydrogen-bond donors (Lipinski definition) is 0. The molecule has 0 atom stereocenters. The number of nitro groups is 1. The Kier molecular flexibility index (Phi) is 8.01. The summed E-state index contributed by atoms with van der Waals surface area (Å²) in [6.07, 6.45) is 1.49. The maximum absolute atomic E-state index is 12.8. The maximum atomic E-state index is 12.8. The van der Waals surface area contributed by atoms with Gasteiger partial charge < -0.3 is 9.47 Å². The summed E-state index contributed by atoms with van der Waals surface area (Å²) in [5.41, 5.74) is 2.63. The largest absolute Gasteiger partial charge is 0.490 e. The summed E-state index contributed by atoms with van der Waals surface area (Å²) in [5.74, 6) is 0.444. The molecule has 3 rings (SSSR count). The van der Waals surface area contributed by atoms with E-state index in [0.29, 0.717) is 38.6 Å². The van der Waals surface area contributed by atoms with Crippen LogP contribution in [0.2, 0.25) is 0 Å². The first kappa shape index (κ1) is 24.9. The SMILES string of the molecule is CCOc1cc(/C=C(\C#N)C(=O)n2nc(C)cc2C)cc(I)c1OCc1ccc([N+](=O)[O-])cc1. The first-order chi connectivity index (χ1) is 16.2. The molecule has 9 nitrogen and oxygen atoms in total. The molecule has 0 unspecified atom stereocenters. The van der Waals surface area contributed by atoms with Crippen molar-refractivity contribution in [1.29, 1.82) is 5.26 Å². The molecule has 0 aliphatic heterocycles. The fourth-order valence-electron chi connectivity index (χ4n) is 3.20. The highest BCUT2D eigenvalue weighted by molar-refractivity contribution is 14.1. The number of halogens is 1. The van der Waals surface area contributed by atoms with Gasteiger partial charge in [0, 0.05) is 17.8 Å². The summed E-state index contributed by atoms with van der Waals surface area (Å²) < 4.78 is 13.6. The molecule has 10 heteroatoms. The molecule has 1 aromatic heterocycles. The Morgan fingerprint density at radius 2 is 1.94 bits per heavy atom. The molecule has 0 saturated heterocycles. The minimum Gasteiger partial charge on any atom is -0.490 e. The van der Waals surface area contributed by atoms with Crippen molar-refractivity contribution in [2.75, 3.05) is 6.61 Å². The number of benzene rings is 2. The van der Waals surface area contributed by atoms with Crippen molar-refractivity contribution in [3.05, 3.63) is 84.2 Å². The van der Waals surface area contributed by atoms with Crippen molar-refractivity contribution in [2.24, 2.45) is 0 Å². The molecule has 0 aliphatic rings. The van der Waals surface area contributed by atoms with Crippen LogP contribution in [0.25, 0.3) is 6.08 Å². The molecular formula is C24H21IN4O5. The third kappa shape index (κ3) is 5.79. The average molecular weight is 572 g/mol. The summed E-state index contributed by atoms with van der Waals surface area (Å²) >= 11 is 2.10. The molecule has 0 bridgehead atoms. The molecule has 0 fully saturated rings. The van der Waals surface area contributed by atoms with E-state index in [1.54, 1.807) is 44.2 Å². The first-order valence-electron chi connectivity index (χ1n) is 10.3. The number of non-ortho nitro benzene ring substituents is 1. The third-order valence-electron chi connectivity index (χ3n) is 4.73. The maximum Gasteiger partial charge on any atom is 0.289 e. The second-order valence-electron chi connectivity index (χ2n) is 7.29. The molecule has 0 saturated carbocycles. The topological polar surface area (TPSA) is 120 Å². The van der Waals surface area contributed by atoms with Gasteiger partial charge in [-0.2, -0.15) is 10.4 Å². The molecule has 0 amide bonds. The average Bonchev–Trinajstić information content (AvgIpc) is 3.14. The Morgan fingerprint density at radius 1 is 1.24 bits per heavy atom.